The summed E-state index contributed by atoms with van der Waals surface area (Å²) in [6, 6.07) is 11.0. The maximum Gasteiger partial charge on any atom is 0.0871 e. The molecule has 0 fully saturated rings. The molecule has 0 aromatic heterocycles. The standard InChI is InChI=1S/C19H32OSi/c1-17(13-9-8-12-16-19(2,3)20-4)21(5,6)18-14-10-7-11-15-18/h7,9-11,13-15,17H,8,12,16H2,1-6H3/b13-9+. The van der Waals surface area contributed by atoms with Gasteiger partial charge in [0.2, 0.25) is 0 Å². The highest BCUT2D eigenvalue weighted by Gasteiger charge is 2.28. The van der Waals surface area contributed by atoms with Crippen molar-refractivity contribution in [2.45, 2.75) is 64.3 Å². The number of hydrogen-bond donors (Lipinski definition) is 0. The van der Waals surface area contributed by atoms with Gasteiger partial charge in [-0.2, -0.15) is 0 Å². The van der Waals surface area contributed by atoms with Crippen molar-refractivity contribution in [2.75, 3.05) is 7.11 Å². The van der Waals surface area contributed by atoms with E-state index in [1.54, 1.807) is 12.3 Å². The quantitative estimate of drug-likeness (QED) is 0.367. The molecule has 1 rings (SSSR count). The van der Waals surface area contributed by atoms with E-state index < -0.39 is 8.07 Å². The minimum absolute atomic E-state index is 0.0114. The second-order valence-electron chi connectivity index (χ2n) is 7.16. The third kappa shape index (κ3) is 5.80. The molecule has 0 heterocycles. The molecule has 1 aromatic carbocycles. The first-order valence-corrected chi connectivity index (χ1v) is 11.1. The molecule has 0 aliphatic heterocycles. The predicted molar refractivity (Wildman–Crippen MR) is 97.1 cm³/mol. The van der Waals surface area contributed by atoms with E-state index in [0.717, 1.165) is 12.8 Å². The van der Waals surface area contributed by atoms with Gasteiger partial charge in [-0.3, -0.25) is 0 Å². The Morgan fingerprint density at radius 3 is 2.38 bits per heavy atom. The molecule has 118 valence electrons. The number of allylic oxidation sites excluding steroid dienone is 2. The lowest BCUT2D eigenvalue weighted by atomic mass is 10.0. The lowest BCUT2D eigenvalue weighted by Gasteiger charge is -2.28. The Kier molecular flexibility index (Phi) is 6.89. The Hall–Kier alpha value is -0.863. The van der Waals surface area contributed by atoms with Gasteiger partial charge in [-0.05, 0) is 38.7 Å². The van der Waals surface area contributed by atoms with Crippen molar-refractivity contribution in [2.24, 2.45) is 0 Å². The summed E-state index contributed by atoms with van der Waals surface area (Å²) in [7, 11) is 0.399. The summed E-state index contributed by atoms with van der Waals surface area (Å²) < 4.78 is 5.46. The number of unbranched alkanes of at least 4 members (excludes halogenated alkanes) is 1. The zero-order valence-electron chi connectivity index (χ0n) is 14.6. The van der Waals surface area contributed by atoms with Gasteiger partial charge in [-0.25, -0.2) is 0 Å². The Morgan fingerprint density at radius 1 is 1.19 bits per heavy atom. The molecule has 1 unspecified atom stereocenters. The monoisotopic (exact) mass is 304 g/mol. The van der Waals surface area contributed by atoms with Crippen molar-refractivity contribution in [3.63, 3.8) is 0 Å². The van der Waals surface area contributed by atoms with Crippen molar-refractivity contribution >= 4 is 13.3 Å². The van der Waals surface area contributed by atoms with Crippen LogP contribution in [0.5, 0.6) is 0 Å². The SMILES string of the molecule is COC(C)(C)CCC/C=C/C(C)[Si](C)(C)c1ccccc1. The van der Waals surface area contributed by atoms with Gasteiger partial charge in [0.25, 0.3) is 0 Å². The molecular formula is C19H32OSi. The molecule has 21 heavy (non-hydrogen) atoms. The van der Waals surface area contributed by atoms with Crippen LogP contribution in [0.15, 0.2) is 42.5 Å². The fourth-order valence-corrected chi connectivity index (χ4v) is 4.61. The van der Waals surface area contributed by atoms with E-state index in [4.69, 9.17) is 4.74 Å². The third-order valence-corrected chi connectivity index (χ3v) is 9.07. The normalized spacial score (nSPS) is 14.6. The second-order valence-corrected chi connectivity index (χ2v) is 12.1. The predicted octanol–water partition coefficient (Wildman–Crippen LogP) is 5.14. The van der Waals surface area contributed by atoms with E-state index in [1.807, 2.05) is 0 Å². The Bertz CT molecular complexity index is 434. The van der Waals surface area contributed by atoms with E-state index >= 15 is 0 Å². The number of rotatable bonds is 8. The molecule has 2 heteroatoms. The minimum atomic E-state index is -1.40. The van der Waals surface area contributed by atoms with Crippen LogP contribution in [-0.4, -0.2) is 20.8 Å². The Morgan fingerprint density at radius 2 is 1.81 bits per heavy atom. The van der Waals surface area contributed by atoms with Crippen molar-refractivity contribution in [1.82, 2.24) is 0 Å². The van der Waals surface area contributed by atoms with E-state index in [9.17, 15) is 0 Å². The average molecular weight is 305 g/mol. The van der Waals surface area contributed by atoms with Gasteiger partial charge in [0.15, 0.2) is 0 Å². The van der Waals surface area contributed by atoms with Crippen LogP contribution in [0, 0.1) is 0 Å². The van der Waals surface area contributed by atoms with Gasteiger partial charge < -0.3 is 4.74 Å². The molecule has 0 saturated carbocycles. The fourth-order valence-electron chi connectivity index (χ4n) is 2.42. The molecule has 0 saturated heterocycles. The van der Waals surface area contributed by atoms with Crippen molar-refractivity contribution in [3.05, 3.63) is 42.5 Å². The first-order chi connectivity index (χ1) is 9.79. The number of benzene rings is 1. The Balaban J connectivity index is 2.49. The van der Waals surface area contributed by atoms with E-state index in [-0.39, 0.29) is 5.60 Å². The van der Waals surface area contributed by atoms with Gasteiger partial charge in [0, 0.05) is 7.11 Å². The zero-order valence-corrected chi connectivity index (χ0v) is 15.6. The first kappa shape index (κ1) is 18.2. The smallest absolute Gasteiger partial charge is 0.0871 e. The molecule has 0 amide bonds. The molecule has 0 spiro atoms. The summed E-state index contributed by atoms with van der Waals surface area (Å²) in [4.78, 5) is 0. The molecule has 1 nitrogen and oxygen atoms in total. The van der Waals surface area contributed by atoms with E-state index in [0.29, 0.717) is 5.54 Å². The molecule has 0 N–H and O–H groups in total. The molecular weight excluding hydrogens is 272 g/mol. The van der Waals surface area contributed by atoms with Crippen molar-refractivity contribution in [3.8, 4) is 0 Å². The summed E-state index contributed by atoms with van der Waals surface area (Å²) in [6.45, 7) is 11.6. The van der Waals surface area contributed by atoms with Gasteiger partial charge in [0.1, 0.15) is 0 Å². The van der Waals surface area contributed by atoms with Gasteiger partial charge in [-0.1, -0.05) is 67.7 Å². The van der Waals surface area contributed by atoms with Crippen LogP contribution in [0.3, 0.4) is 0 Å². The third-order valence-electron chi connectivity index (χ3n) is 4.78. The van der Waals surface area contributed by atoms with Gasteiger partial charge in [-0.15, -0.1) is 0 Å². The average Bonchev–Trinajstić information content (AvgIpc) is 2.47. The van der Waals surface area contributed by atoms with Crippen molar-refractivity contribution < 1.29 is 4.74 Å². The van der Waals surface area contributed by atoms with Crippen LogP contribution in [0.25, 0.3) is 0 Å². The maximum atomic E-state index is 5.46. The van der Waals surface area contributed by atoms with E-state index in [1.165, 1.54) is 6.42 Å². The molecule has 1 atom stereocenters. The largest absolute Gasteiger partial charge is 0.379 e. The summed E-state index contributed by atoms with van der Waals surface area (Å²) in [5.74, 6) is 0. The van der Waals surface area contributed by atoms with E-state index in [2.05, 4.69) is 76.3 Å². The fraction of sp³-hybridized carbons (Fsp3) is 0.579. The highest BCUT2D eigenvalue weighted by Crippen LogP contribution is 2.23. The lowest BCUT2D eigenvalue weighted by molar-refractivity contribution is 0.0141. The minimum Gasteiger partial charge on any atom is -0.379 e. The maximum absolute atomic E-state index is 5.46. The van der Waals surface area contributed by atoms with Crippen LogP contribution in [-0.2, 0) is 4.74 Å². The number of ether oxygens (including phenoxy) is 1. The molecule has 0 aliphatic carbocycles. The molecule has 1 aromatic rings. The van der Waals surface area contributed by atoms with Crippen LogP contribution in [0.2, 0.25) is 18.6 Å². The second kappa shape index (κ2) is 7.95. The topological polar surface area (TPSA) is 9.23 Å². The van der Waals surface area contributed by atoms with Gasteiger partial charge >= 0.3 is 0 Å². The van der Waals surface area contributed by atoms with Crippen LogP contribution >= 0.6 is 0 Å². The number of hydrogen-bond acceptors (Lipinski definition) is 1. The van der Waals surface area contributed by atoms with Crippen LogP contribution in [0.4, 0.5) is 0 Å². The molecule has 0 bridgehead atoms. The highest BCUT2D eigenvalue weighted by atomic mass is 28.3. The van der Waals surface area contributed by atoms with Gasteiger partial charge in [0.05, 0.1) is 13.7 Å². The van der Waals surface area contributed by atoms with Crippen LogP contribution in [0.1, 0.15) is 40.0 Å². The zero-order chi connectivity index (χ0) is 15.9. The highest BCUT2D eigenvalue weighted by molar-refractivity contribution is 6.91. The lowest BCUT2D eigenvalue weighted by Crippen LogP contribution is -2.44. The Labute approximate surface area is 132 Å². The summed E-state index contributed by atoms with van der Waals surface area (Å²) in [6.07, 6.45) is 8.25. The summed E-state index contributed by atoms with van der Waals surface area (Å²) in [5, 5.41) is 1.54. The summed E-state index contributed by atoms with van der Waals surface area (Å²) in [5.41, 5.74) is 0.674. The summed E-state index contributed by atoms with van der Waals surface area (Å²) >= 11 is 0. The number of methoxy groups -OCH3 is 1. The van der Waals surface area contributed by atoms with Crippen LogP contribution < -0.4 is 5.19 Å². The molecule has 0 aliphatic rings. The van der Waals surface area contributed by atoms with Crippen molar-refractivity contribution in [1.29, 1.82) is 0 Å². The molecule has 0 radical (unpaired) electrons. The first-order valence-electron chi connectivity index (χ1n) is 8.07.